The first-order valence-electron chi connectivity index (χ1n) is 13.0. The molecule has 210 valence electrons. The number of benzene rings is 2. The van der Waals surface area contributed by atoms with E-state index in [0.717, 1.165) is 18.6 Å². The van der Waals surface area contributed by atoms with Gasteiger partial charge in [-0.05, 0) is 60.4 Å². The molecule has 0 bridgehead atoms. The van der Waals surface area contributed by atoms with E-state index in [4.69, 9.17) is 9.47 Å². The number of rotatable bonds is 16. The lowest BCUT2D eigenvalue weighted by Gasteiger charge is -2.34. The minimum absolute atomic E-state index is 0.310. The number of methoxy groups -OCH3 is 2. The third-order valence-corrected chi connectivity index (χ3v) is 6.64. The smallest absolute Gasteiger partial charge is 0.214 e. The molecule has 2 aromatic rings. The van der Waals surface area contributed by atoms with Gasteiger partial charge in [-0.15, -0.1) is 0 Å². The highest BCUT2D eigenvalue weighted by Gasteiger charge is 2.54. The first kappa shape index (κ1) is 31.6. The Morgan fingerprint density at radius 2 is 1.33 bits per heavy atom. The molecular weight excluding hydrogens is 500 g/mol. The number of hydrogen-bond acceptors (Lipinski definition) is 8. The number of carbonyl (C=O) groups excluding carboxylic acids is 3. The summed E-state index contributed by atoms with van der Waals surface area (Å²) >= 11 is 0. The van der Waals surface area contributed by atoms with Crippen molar-refractivity contribution in [1.82, 2.24) is 0 Å². The standard InChI is InChI=1S/C31H38O8/c1-5-7-8-23(6-2)29(35)31(37,27(33)20-14-22-11-17-25(39-4)18-12-22)30(36)28(34)26(32)19-13-21-9-15-24(38-3)16-10-21/h9-20,23,28,30,34,36-37H,5-8H2,1-4H3. The molecule has 3 N–H and O–H groups in total. The van der Waals surface area contributed by atoms with E-state index in [1.807, 2.05) is 6.92 Å². The topological polar surface area (TPSA) is 130 Å². The van der Waals surface area contributed by atoms with E-state index in [1.165, 1.54) is 26.4 Å². The summed E-state index contributed by atoms with van der Waals surface area (Å²) in [4.78, 5) is 39.6. The van der Waals surface area contributed by atoms with Gasteiger partial charge in [0.25, 0.3) is 0 Å². The predicted molar refractivity (Wildman–Crippen MR) is 149 cm³/mol. The molecule has 0 spiro atoms. The third-order valence-electron chi connectivity index (χ3n) is 6.64. The summed E-state index contributed by atoms with van der Waals surface area (Å²) in [6, 6.07) is 13.4. The van der Waals surface area contributed by atoms with Crippen molar-refractivity contribution < 1.29 is 39.2 Å². The average Bonchev–Trinajstić information content (AvgIpc) is 2.98. The lowest BCUT2D eigenvalue weighted by Crippen LogP contribution is -2.62. The van der Waals surface area contributed by atoms with Gasteiger partial charge in [0.15, 0.2) is 17.3 Å². The van der Waals surface area contributed by atoms with Crippen LogP contribution in [0.3, 0.4) is 0 Å². The molecule has 0 fully saturated rings. The third kappa shape index (κ3) is 8.20. The first-order chi connectivity index (χ1) is 18.6. The van der Waals surface area contributed by atoms with Crippen LogP contribution in [0.4, 0.5) is 0 Å². The SMILES string of the molecule is CCCCC(CC)C(=O)C(O)(C(=O)C=Cc1ccc(OC)cc1)C(O)C(O)C(=O)C=Cc1ccc(OC)cc1. The van der Waals surface area contributed by atoms with Gasteiger partial charge in [0, 0.05) is 5.92 Å². The maximum absolute atomic E-state index is 13.5. The molecule has 0 saturated heterocycles. The monoisotopic (exact) mass is 538 g/mol. The zero-order valence-corrected chi connectivity index (χ0v) is 22.9. The summed E-state index contributed by atoms with van der Waals surface area (Å²) in [5.74, 6) is -2.56. The fraction of sp³-hybridized carbons (Fsp3) is 0.387. The number of unbranched alkanes of at least 4 members (excludes halogenated alkanes) is 1. The molecule has 0 aromatic heterocycles. The van der Waals surface area contributed by atoms with Gasteiger partial charge in [0.05, 0.1) is 14.2 Å². The fourth-order valence-electron chi connectivity index (χ4n) is 4.09. The maximum Gasteiger partial charge on any atom is 0.214 e. The largest absolute Gasteiger partial charge is 0.497 e. The van der Waals surface area contributed by atoms with E-state index < -0.39 is 41.1 Å². The van der Waals surface area contributed by atoms with E-state index in [9.17, 15) is 29.7 Å². The Morgan fingerprint density at radius 1 is 0.846 bits per heavy atom. The number of aliphatic hydroxyl groups excluding tert-OH is 2. The van der Waals surface area contributed by atoms with Crippen LogP contribution in [0, 0.1) is 5.92 Å². The number of carbonyl (C=O) groups is 3. The summed E-state index contributed by atoms with van der Waals surface area (Å²) in [6.45, 7) is 3.68. The van der Waals surface area contributed by atoms with Crippen molar-refractivity contribution in [1.29, 1.82) is 0 Å². The van der Waals surface area contributed by atoms with E-state index in [1.54, 1.807) is 55.5 Å². The Kier molecular flexibility index (Phi) is 12.3. The van der Waals surface area contributed by atoms with Crippen LogP contribution in [0.2, 0.25) is 0 Å². The number of aliphatic hydroxyl groups is 3. The Bertz CT molecular complexity index is 1150. The molecule has 39 heavy (non-hydrogen) atoms. The highest BCUT2D eigenvalue weighted by Crippen LogP contribution is 2.28. The van der Waals surface area contributed by atoms with Gasteiger partial charge in [0.1, 0.15) is 23.7 Å². The zero-order valence-electron chi connectivity index (χ0n) is 22.9. The summed E-state index contributed by atoms with van der Waals surface area (Å²) in [7, 11) is 3.04. The van der Waals surface area contributed by atoms with E-state index in [0.29, 0.717) is 41.9 Å². The van der Waals surface area contributed by atoms with Gasteiger partial charge in [-0.1, -0.05) is 63.1 Å². The second-order valence-electron chi connectivity index (χ2n) is 9.25. The zero-order chi connectivity index (χ0) is 29.0. The van der Waals surface area contributed by atoms with Crippen molar-refractivity contribution in [2.45, 2.75) is 57.3 Å². The molecule has 0 radical (unpaired) electrons. The van der Waals surface area contributed by atoms with Crippen molar-refractivity contribution in [3.8, 4) is 11.5 Å². The molecule has 8 nitrogen and oxygen atoms in total. The molecule has 4 atom stereocenters. The van der Waals surface area contributed by atoms with Gasteiger partial charge in [-0.25, -0.2) is 0 Å². The Balaban J connectivity index is 2.36. The van der Waals surface area contributed by atoms with Gasteiger partial charge in [0.2, 0.25) is 5.60 Å². The minimum Gasteiger partial charge on any atom is -0.497 e. The van der Waals surface area contributed by atoms with Gasteiger partial charge >= 0.3 is 0 Å². The van der Waals surface area contributed by atoms with E-state index in [-0.39, 0.29) is 0 Å². The quantitative estimate of drug-likeness (QED) is 0.217. The van der Waals surface area contributed by atoms with E-state index >= 15 is 0 Å². The molecule has 0 aliphatic heterocycles. The maximum atomic E-state index is 13.5. The number of hydrogen-bond donors (Lipinski definition) is 3. The van der Waals surface area contributed by atoms with E-state index in [2.05, 4.69) is 0 Å². The first-order valence-corrected chi connectivity index (χ1v) is 13.0. The Labute approximate surface area is 229 Å². The van der Waals surface area contributed by atoms with Crippen LogP contribution >= 0.6 is 0 Å². The summed E-state index contributed by atoms with van der Waals surface area (Å²) in [5.41, 5.74) is -1.84. The molecule has 0 aliphatic carbocycles. The van der Waals surface area contributed by atoms with Crippen molar-refractivity contribution in [3.63, 3.8) is 0 Å². The second kappa shape index (κ2) is 15.1. The Hall–Kier alpha value is -3.59. The molecule has 0 amide bonds. The van der Waals surface area contributed by atoms with Gasteiger partial charge < -0.3 is 24.8 Å². The highest BCUT2D eigenvalue weighted by atomic mass is 16.5. The van der Waals surface area contributed by atoms with Gasteiger partial charge in [-0.2, -0.15) is 0 Å². The molecular formula is C31H38O8. The molecule has 2 rings (SSSR count). The molecule has 0 saturated carbocycles. The number of ketones is 3. The van der Waals surface area contributed by atoms with Crippen LogP contribution in [-0.4, -0.2) is 64.7 Å². The lowest BCUT2D eigenvalue weighted by molar-refractivity contribution is -0.173. The summed E-state index contributed by atoms with van der Waals surface area (Å²) in [5, 5.41) is 33.1. The average molecular weight is 539 g/mol. The normalized spacial score (nSPS) is 15.5. The second-order valence-corrected chi connectivity index (χ2v) is 9.25. The molecule has 2 aromatic carbocycles. The van der Waals surface area contributed by atoms with Crippen LogP contribution in [0.5, 0.6) is 11.5 Å². The van der Waals surface area contributed by atoms with Crippen molar-refractivity contribution in [2.75, 3.05) is 14.2 Å². The molecule has 0 heterocycles. The highest BCUT2D eigenvalue weighted by molar-refractivity contribution is 6.17. The van der Waals surface area contributed by atoms with Crippen molar-refractivity contribution >= 4 is 29.5 Å². The Morgan fingerprint density at radius 3 is 1.77 bits per heavy atom. The predicted octanol–water partition coefficient (Wildman–Crippen LogP) is 3.81. The fourth-order valence-corrected chi connectivity index (χ4v) is 4.09. The summed E-state index contributed by atoms with van der Waals surface area (Å²) in [6.07, 6.45) is 2.30. The van der Waals surface area contributed by atoms with Crippen LogP contribution < -0.4 is 9.47 Å². The molecule has 0 aliphatic rings. The molecule has 4 unspecified atom stereocenters. The number of Topliss-reactive ketones (excluding diaryl/α,β-unsaturated/α-hetero) is 1. The van der Waals surface area contributed by atoms with Gasteiger partial charge in [-0.3, -0.25) is 14.4 Å². The lowest BCUT2D eigenvalue weighted by atomic mass is 9.76. The van der Waals surface area contributed by atoms with Crippen LogP contribution in [0.25, 0.3) is 12.2 Å². The van der Waals surface area contributed by atoms with Crippen LogP contribution in [-0.2, 0) is 14.4 Å². The molecule has 8 heteroatoms. The summed E-state index contributed by atoms with van der Waals surface area (Å²) < 4.78 is 10.2. The van der Waals surface area contributed by atoms with Crippen LogP contribution in [0.1, 0.15) is 50.7 Å². The minimum atomic E-state index is -3.03. The number of ether oxygens (including phenoxy) is 2. The van der Waals surface area contributed by atoms with Crippen molar-refractivity contribution in [2.24, 2.45) is 5.92 Å². The van der Waals surface area contributed by atoms with Crippen molar-refractivity contribution in [3.05, 3.63) is 71.8 Å². The van der Waals surface area contributed by atoms with Crippen LogP contribution in [0.15, 0.2) is 60.7 Å².